The molecule has 0 saturated carbocycles. The number of hydrogen-bond donors (Lipinski definition) is 2. The van der Waals surface area contributed by atoms with Gasteiger partial charge in [-0.25, -0.2) is 0 Å². The van der Waals surface area contributed by atoms with E-state index in [1.165, 1.54) is 0 Å². The molecule has 3 aromatic rings. The van der Waals surface area contributed by atoms with Crippen molar-refractivity contribution < 1.29 is 10.2 Å². The smallest absolute Gasteiger partial charge is 0.0319 e. The van der Waals surface area contributed by atoms with Crippen LogP contribution in [0.1, 0.15) is 69.2 Å². The van der Waals surface area contributed by atoms with Gasteiger partial charge in [0.2, 0.25) is 0 Å². The molecule has 2 nitrogen and oxygen atoms in total. The molecule has 0 saturated heterocycles. The molecular weight excluding hydrogens is 392 g/mol. The first-order chi connectivity index (χ1) is 16.0. The summed E-state index contributed by atoms with van der Waals surface area (Å²) < 4.78 is 0. The second-order valence-corrected chi connectivity index (χ2v) is 3.46. The van der Waals surface area contributed by atoms with Crippen LogP contribution in [-0.4, -0.2) is 24.4 Å². The van der Waals surface area contributed by atoms with Crippen LogP contribution in [0.4, 0.5) is 0 Å². The Morgan fingerprint density at radius 3 is 0.250 bits per heavy atom. The molecule has 0 aliphatic rings. The maximum absolute atomic E-state index is 7.00. The Hall–Kier alpha value is -2.42. The molecule has 0 spiro atoms. The van der Waals surface area contributed by atoms with Crippen molar-refractivity contribution in [2.24, 2.45) is 0 Å². The first-order valence-electron chi connectivity index (χ1n) is 11.9. The first kappa shape index (κ1) is 47.4. The molecule has 3 aromatic carbocycles. The van der Waals surface area contributed by atoms with Crippen LogP contribution in [0.25, 0.3) is 0 Å². The number of rotatable bonds is 0. The fourth-order valence-corrected chi connectivity index (χ4v) is 1.15. The molecule has 2 N–H and O–H groups in total. The van der Waals surface area contributed by atoms with Crippen molar-refractivity contribution in [2.45, 2.75) is 69.2 Å². The molecule has 0 heterocycles. The van der Waals surface area contributed by atoms with Gasteiger partial charge in [0.05, 0.1) is 0 Å². The van der Waals surface area contributed by atoms with Gasteiger partial charge >= 0.3 is 0 Å². The third-order valence-corrected chi connectivity index (χ3v) is 2.00. The summed E-state index contributed by atoms with van der Waals surface area (Å²) in [4.78, 5) is 0. The standard InChI is InChI=1S/3C6H6.5C2H6.2CH4O/c3*1-2-4-6-5-3-1;7*1-2/h3*1-6H;5*1-2H3;2*2H,1H3. The normalized spacial score (nSPS) is 5.81. The Kier molecular flexibility index (Phi) is 133. The number of aliphatic hydroxyl groups is 2. The molecule has 188 valence electrons. The summed E-state index contributed by atoms with van der Waals surface area (Å²) in [5.74, 6) is 0. The molecular formula is C30H56O2. The Labute approximate surface area is 203 Å². The van der Waals surface area contributed by atoms with Crippen molar-refractivity contribution in [1.29, 1.82) is 0 Å². The SMILES string of the molecule is CC.CC.CC.CC.CC.CO.CO.c1ccccc1.c1ccccc1.c1ccccc1. The van der Waals surface area contributed by atoms with E-state index in [0.29, 0.717) is 0 Å². The molecule has 0 bridgehead atoms. The lowest BCUT2D eigenvalue weighted by molar-refractivity contribution is 0.399. The summed E-state index contributed by atoms with van der Waals surface area (Å²) >= 11 is 0. The van der Waals surface area contributed by atoms with Crippen LogP contribution in [0, 0.1) is 0 Å². The molecule has 0 aliphatic heterocycles. The van der Waals surface area contributed by atoms with Crippen molar-refractivity contribution in [1.82, 2.24) is 0 Å². The molecule has 0 radical (unpaired) electrons. The van der Waals surface area contributed by atoms with E-state index in [2.05, 4.69) is 0 Å². The largest absolute Gasteiger partial charge is 0.400 e. The monoisotopic (exact) mass is 448 g/mol. The predicted molar refractivity (Wildman–Crippen MR) is 152 cm³/mol. The lowest BCUT2D eigenvalue weighted by atomic mass is 10.4. The Bertz CT molecular complexity index is 302. The quantitative estimate of drug-likeness (QED) is 0.359. The van der Waals surface area contributed by atoms with Gasteiger partial charge in [0.25, 0.3) is 0 Å². The number of aliphatic hydroxyl groups excluding tert-OH is 2. The zero-order valence-electron chi connectivity index (χ0n) is 23.3. The van der Waals surface area contributed by atoms with Gasteiger partial charge < -0.3 is 10.2 Å². The minimum atomic E-state index is 1.00. The Morgan fingerprint density at radius 2 is 0.219 bits per heavy atom. The molecule has 0 atom stereocenters. The van der Waals surface area contributed by atoms with E-state index >= 15 is 0 Å². The summed E-state index contributed by atoms with van der Waals surface area (Å²) in [6, 6.07) is 36.0. The Morgan fingerprint density at radius 1 is 0.188 bits per heavy atom. The van der Waals surface area contributed by atoms with E-state index in [9.17, 15) is 0 Å². The highest BCUT2D eigenvalue weighted by Gasteiger charge is 1.59. The molecule has 0 amide bonds. The zero-order valence-corrected chi connectivity index (χ0v) is 23.3. The maximum atomic E-state index is 7.00. The van der Waals surface area contributed by atoms with Crippen LogP contribution in [0.15, 0.2) is 109 Å². The second-order valence-electron chi connectivity index (χ2n) is 3.46. The van der Waals surface area contributed by atoms with E-state index in [4.69, 9.17) is 10.2 Å². The lowest BCUT2D eigenvalue weighted by Crippen LogP contribution is -1.47. The van der Waals surface area contributed by atoms with Gasteiger partial charge in [-0.3, -0.25) is 0 Å². The van der Waals surface area contributed by atoms with Crippen LogP contribution < -0.4 is 0 Å². The van der Waals surface area contributed by atoms with Gasteiger partial charge in [0, 0.05) is 14.2 Å². The average molecular weight is 449 g/mol. The molecule has 0 fully saturated rings. The van der Waals surface area contributed by atoms with E-state index in [1.54, 1.807) is 0 Å². The van der Waals surface area contributed by atoms with Crippen LogP contribution in [0.3, 0.4) is 0 Å². The third-order valence-electron chi connectivity index (χ3n) is 2.00. The fraction of sp³-hybridized carbons (Fsp3) is 0.400. The summed E-state index contributed by atoms with van der Waals surface area (Å²) in [5.41, 5.74) is 0. The van der Waals surface area contributed by atoms with Crippen molar-refractivity contribution >= 4 is 0 Å². The van der Waals surface area contributed by atoms with Crippen LogP contribution in [-0.2, 0) is 0 Å². The minimum Gasteiger partial charge on any atom is -0.400 e. The van der Waals surface area contributed by atoms with Crippen molar-refractivity contribution in [3.63, 3.8) is 0 Å². The van der Waals surface area contributed by atoms with Crippen LogP contribution >= 0.6 is 0 Å². The van der Waals surface area contributed by atoms with Crippen molar-refractivity contribution in [3.8, 4) is 0 Å². The van der Waals surface area contributed by atoms with Gasteiger partial charge in [-0.1, -0.05) is 178 Å². The summed E-state index contributed by atoms with van der Waals surface area (Å²) in [5, 5.41) is 14.0. The van der Waals surface area contributed by atoms with Gasteiger partial charge in [0.15, 0.2) is 0 Å². The second kappa shape index (κ2) is 89.6. The summed E-state index contributed by atoms with van der Waals surface area (Å²) in [6.45, 7) is 20.0. The molecule has 0 aliphatic carbocycles. The van der Waals surface area contributed by atoms with Crippen molar-refractivity contribution in [3.05, 3.63) is 109 Å². The zero-order chi connectivity index (χ0) is 26.7. The summed E-state index contributed by atoms with van der Waals surface area (Å²) in [6.07, 6.45) is 0. The predicted octanol–water partition coefficient (Wildman–Crippen LogP) is 9.41. The molecule has 0 unspecified atom stereocenters. The van der Waals surface area contributed by atoms with E-state index < -0.39 is 0 Å². The molecule has 32 heavy (non-hydrogen) atoms. The highest BCUT2D eigenvalue weighted by atomic mass is 16.2. The van der Waals surface area contributed by atoms with Gasteiger partial charge in [-0.2, -0.15) is 0 Å². The highest BCUT2D eigenvalue weighted by Crippen LogP contribution is 1.81. The minimum absolute atomic E-state index is 1.00. The number of hydrogen-bond acceptors (Lipinski definition) is 2. The van der Waals surface area contributed by atoms with Gasteiger partial charge in [-0.05, 0) is 0 Å². The van der Waals surface area contributed by atoms with Crippen molar-refractivity contribution in [2.75, 3.05) is 14.2 Å². The Balaban J connectivity index is -0.0000000463. The molecule has 0 aromatic heterocycles. The van der Waals surface area contributed by atoms with Gasteiger partial charge in [0.1, 0.15) is 0 Å². The molecule has 2 heteroatoms. The fourth-order valence-electron chi connectivity index (χ4n) is 1.15. The molecule has 3 rings (SSSR count). The number of benzene rings is 3. The van der Waals surface area contributed by atoms with E-state index in [0.717, 1.165) is 14.2 Å². The first-order valence-corrected chi connectivity index (χ1v) is 11.9. The van der Waals surface area contributed by atoms with E-state index in [-0.39, 0.29) is 0 Å². The van der Waals surface area contributed by atoms with Crippen LogP contribution in [0.2, 0.25) is 0 Å². The maximum Gasteiger partial charge on any atom is 0.0319 e. The lowest BCUT2D eigenvalue weighted by Gasteiger charge is -1.69. The van der Waals surface area contributed by atoms with E-state index in [1.807, 2.05) is 178 Å². The highest BCUT2D eigenvalue weighted by molar-refractivity contribution is 5.00. The van der Waals surface area contributed by atoms with Gasteiger partial charge in [-0.15, -0.1) is 0 Å². The third kappa shape index (κ3) is 80.3. The topological polar surface area (TPSA) is 40.5 Å². The average Bonchev–Trinajstić information content (AvgIpc) is 3.00. The summed E-state index contributed by atoms with van der Waals surface area (Å²) in [7, 11) is 2.00. The van der Waals surface area contributed by atoms with Crippen LogP contribution in [0.5, 0.6) is 0 Å².